The van der Waals surface area contributed by atoms with Crippen LogP contribution in [0.5, 0.6) is 0 Å². The summed E-state index contributed by atoms with van der Waals surface area (Å²) in [5.74, 6) is -1.33. The van der Waals surface area contributed by atoms with Gasteiger partial charge in [0.15, 0.2) is 0 Å². The van der Waals surface area contributed by atoms with Crippen LogP contribution in [0.4, 0.5) is 5.69 Å². The van der Waals surface area contributed by atoms with Gasteiger partial charge in [-0.25, -0.2) is 4.90 Å². The summed E-state index contributed by atoms with van der Waals surface area (Å²) in [6, 6.07) is 6.82. The molecule has 4 atom stereocenters. The first kappa shape index (κ1) is 13.0. The Bertz CT molecular complexity index is 679. The Morgan fingerprint density at radius 1 is 1.10 bits per heavy atom. The number of imide groups is 1. The van der Waals surface area contributed by atoms with Crippen LogP contribution in [0.1, 0.15) is 13.8 Å². The maximum atomic E-state index is 12.8. The second-order valence-corrected chi connectivity index (χ2v) is 6.69. The van der Waals surface area contributed by atoms with Crippen molar-refractivity contribution in [2.24, 2.45) is 11.8 Å². The van der Waals surface area contributed by atoms with Crippen LogP contribution in [0, 0.1) is 11.8 Å². The van der Waals surface area contributed by atoms with Crippen molar-refractivity contribution in [1.29, 1.82) is 0 Å². The first-order chi connectivity index (χ1) is 9.86. The van der Waals surface area contributed by atoms with Crippen LogP contribution in [0.15, 0.2) is 36.4 Å². The molecule has 4 rings (SSSR count). The van der Waals surface area contributed by atoms with Gasteiger partial charge in [-0.15, -0.1) is 0 Å². The van der Waals surface area contributed by atoms with Crippen LogP contribution in [-0.4, -0.2) is 23.0 Å². The number of carbonyl (C=O) groups excluding carboxylic acids is 2. The van der Waals surface area contributed by atoms with Gasteiger partial charge < -0.3 is 4.74 Å². The van der Waals surface area contributed by atoms with E-state index in [0.29, 0.717) is 10.7 Å². The SMILES string of the molecule is C[C@]12C=C[C@](C)(O1)[C@@H]1C(=O)N(c3cccc(Cl)c3)C(=O)[C@H]12. The molecule has 2 bridgehead atoms. The number of hydrogen-bond acceptors (Lipinski definition) is 3. The zero-order chi connectivity index (χ0) is 15.0. The maximum Gasteiger partial charge on any atom is 0.241 e. The van der Waals surface area contributed by atoms with Crippen LogP contribution in [0.25, 0.3) is 0 Å². The molecule has 3 aliphatic heterocycles. The van der Waals surface area contributed by atoms with Gasteiger partial charge in [-0.05, 0) is 32.0 Å². The largest absolute Gasteiger partial charge is 0.359 e. The van der Waals surface area contributed by atoms with E-state index in [2.05, 4.69) is 0 Å². The molecule has 0 radical (unpaired) electrons. The number of amides is 2. The fraction of sp³-hybridized carbons (Fsp3) is 0.375. The molecule has 1 aromatic rings. The van der Waals surface area contributed by atoms with E-state index in [-0.39, 0.29) is 11.8 Å². The number of hydrogen-bond donors (Lipinski definition) is 0. The molecule has 3 aliphatic rings. The summed E-state index contributed by atoms with van der Waals surface area (Å²) in [6.45, 7) is 3.73. The molecule has 0 N–H and O–H groups in total. The van der Waals surface area contributed by atoms with Crippen LogP contribution >= 0.6 is 11.6 Å². The van der Waals surface area contributed by atoms with Crippen molar-refractivity contribution < 1.29 is 14.3 Å². The lowest BCUT2D eigenvalue weighted by Crippen LogP contribution is -2.39. The van der Waals surface area contributed by atoms with Crippen molar-refractivity contribution in [2.75, 3.05) is 4.90 Å². The van der Waals surface area contributed by atoms with Crippen molar-refractivity contribution in [3.63, 3.8) is 0 Å². The summed E-state index contributed by atoms with van der Waals surface area (Å²) < 4.78 is 5.96. The van der Waals surface area contributed by atoms with E-state index in [1.165, 1.54) is 4.90 Å². The summed E-state index contributed by atoms with van der Waals surface area (Å²) >= 11 is 5.98. The summed E-state index contributed by atoms with van der Waals surface area (Å²) in [5, 5.41) is 0.500. The van der Waals surface area contributed by atoms with Crippen molar-refractivity contribution in [3.8, 4) is 0 Å². The molecule has 2 fully saturated rings. The molecular weight excluding hydrogens is 290 g/mol. The Morgan fingerprint density at radius 3 is 2.19 bits per heavy atom. The molecule has 0 aromatic heterocycles. The molecule has 2 amide bonds. The fourth-order valence-corrected chi connectivity index (χ4v) is 4.09. The van der Waals surface area contributed by atoms with Crippen molar-refractivity contribution in [3.05, 3.63) is 41.4 Å². The topological polar surface area (TPSA) is 46.6 Å². The highest BCUT2D eigenvalue weighted by atomic mass is 35.5. The molecule has 1 aromatic carbocycles. The lowest BCUT2D eigenvalue weighted by atomic mass is 9.73. The number of halogens is 1. The molecule has 5 heteroatoms. The number of carbonyl (C=O) groups is 2. The van der Waals surface area contributed by atoms with Gasteiger partial charge in [-0.3, -0.25) is 9.59 Å². The standard InChI is InChI=1S/C16H14ClNO3/c1-15-6-7-16(2,21-15)12-11(15)13(19)18(14(12)20)10-5-3-4-9(17)8-10/h3-8,11-12H,1-2H3/t11-,12-,15-,16+/m0/s1. The number of nitrogens with zero attached hydrogens (tertiary/aromatic N) is 1. The third-order valence-electron chi connectivity index (χ3n) is 4.79. The Morgan fingerprint density at radius 2 is 1.67 bits per heavy atom. The third-order valence-corrected chi connectivity index (χ3v) is 5.03. The first-order valence-electron chi connectivity index (χ1n) is 6.90. The third kappa shape index (κ3) is 1.49. The number of fused-ring (bicyclic) bond motifs is 5. The molecule has 2 saturated heterocycles. The average Bonchev–Trinajstić information content (AvgIpc) is 2.95. The quantitative estimate of drug-likeness (QED) is 0.592. The monoisotopic (exact) mass is 303 g/mol. The van der Waals surface area contributed by atoms with Crippen molar-refractivity contribution in [2.45, 2.75) is 25.0 Å². The van der Waals surface area contributed by atoms with Crippen LogP contribution in [0.3, 0.4) is 0 Å². The van der Waals surface area contributed by atoms with E-state index < -0.39 is 23.0 Å². The predicted molar refractivity (Wildman–Crippen MR) is 78.0 cm³/mol. The van der Waals surface area contributed by atoms with E-state index in [1.807, 2.05) is 26.0 Å². The van der Waals surface area contributed by atoms with Gasteiger partial charge in [0, 0.05) is 5.02 Å². The first-order valence-corrected chi connectivity index (χ1v) is 7.27. The minimum Gasteiger partial charge on any atom is -0.359 e. The molecule has 0 spiro atoms. The number of benzene rings is 1. The normalized spacial score (nSPS) is 40.2. The lowest BCUT2D eigenvalue weighted by molar-refractivity contribution is -0.128. The molecule has 4 nitrogen and oxygen atoms in total. The van der Waals surface area contributed by atoms with Crippen molar-refractivity contribution in [1.82, 2.24) is 0 Å². The Labute approximate surface area is 127 Å². The fourth-order valence-electron chi connectivity index (χ4n) is 3.90. The molecule has 0 saturated carbocycles. The average molecular weight is 304 g/mol. The van der Waals surface area contributed by atoms with Gasteiger partial charge in [-0.1, -0.05) is 29.8 Å². The molecule has 0 aliphatic carbocycles. The maximum absolute atomic E-state index is 12.8. The Hall–Kier alpha value is -1.65. The zero-order valence-electron chi connectivity index (χ0n) is 11.7. The number of ether oxygens (including phenoxy) is 1. The van der Waals surface area contributed by atoms with Gasteiger partial charge in [0.05, 0.1) is 28.7 Å². The lowest BCUT2D eigenvalue weighted by Gasteiger charge is -2.25. The summed E-state index contributed by atoms with van der Waals surface area (Å²) in [6.07, 6.45) is 3.81. The van der Waals surface area contributed by atoms with E-state index >= 15 is 0 Å². The highest BCUT2D eigenvalue weighted by Gasteiger charge is 2.70. The molecule has 0 unspecified atom stereocenters. The molecule has 108 valence electrons. The summed E-state index contributed by atoms with van der Waals surface area (Å²) in [5.41, 5.74) is -0.864. The molecular formula is C16H14ClNO3. The second kappa shape index (κ2) is 3.76. The minimum atomic E-state index is -0.695. The minimum absolute atomic E-state index is 0.206. The van der Waals surface area contributed by atoms with Crippen molar-refractivity contribution >= 4 is 29.1 Å². The van der Waals surface area contributed by atoms with Crippen LogP contribution in [-0.2, 0) is 14.3 Å². The molecule has 3 heterocycles. The van der Waals surface area contributed by atoms with Gasteiger partial charge in [0.1, 0.15) is 0 Å². The van der Waals surface area contributed by atoms with Gasteiger partial charge in [0.25, 0.3) is 0 Å². The van der Waals surface area contributed by atoms with E-state index in [0.717, 1.165) is 0 Å². The Balaban J connectivity index is 1.82. The van der Waals surface area contributed by atoms with E-state index in [4.69, 9.17) is 16.3 Å². The van der Waals surface area contributed by atoms with Crippen LogP contribution in [0.2, 0.25) is 5.02 Å². The smallest absolute Gasteiger partial charge is 0.241 e. The highest BCUT2D eigenvalue weighted by Crippen LogP contribution is 2.57. The van der Waals surface area contributed by atoms with Gasteiger partial charge >= 0.3 is 0 Å². The predicted octanol–water partition coefficient (Wildman–Crippen LogP) is 2.56. The number of rotatable bonds is 1. The Kier molecular flexibility index (Phi) is 2.33. The van der Waals surface area contributed by atoms with Gasteiger partial charge in [-0.2, -0.15) is 0 Å². The summed E-state index contributed by atoms with van der Waals surface area (Å²) in [4.78, 5) is 26.8. The highest BCUT2D eigenvalue weighted by molar-refractivity contribution is 6.31. The zero-order valence-corrected chi connectivity index (χ0v) is 12.4. The van der Waals surface area contributed by atoms with Crippen LogP contribution < -0.4 is 4.90 Å². The second-order valence-electron chi connectivity index (χ2n) is 6.25. The van der Waals surface area contributed by atoms with E-state index in [9.17, 15) is 9.59 Å². The van der Waals surface area contributed by atoms with Gasteiger partial charge in [0.2, 0.25) is 11.8 Å². The van der Waals surface area contributed by atoms with E-state index in [1.54, 1.807) is 24.3 Å². The molecule has 21 heavy (non-hydrogen) atoms. The summed E-state index contributed by atoms with van der Waals surface area (Å²) in [7, 11) is 0. The number of anilines is 1.